The summed E-state index contributed by atoms with van der Waals surface area (Å²) in [6, 6.07) is 9.43. The second-order valence-corrected chi connectivity index (χ2v) is 6.78. The largest absolute Gasteiger partial charge is 0.494 e. The standard InChI is InChI=1S/C19H26N4O2/c1-4-25-18-7-5-6-16(10-18)19(24)22-12-15(11-21(2)3)13-23-17(14-22)8-9-20-23/h5-10,15H,4,11-14H2,1-3H3/t15-/m0/s1. The van der Waals surface area contributed by atoms with E-state index in [2.05, 4.69) is 24.1 Å². The van der Waals surface area contributed by atoms with Crippen molar-refractivity contribution in [1.82, 2.24) is 19.6 Å². The number of amides is 1. The van der Waals surface area contributed by atoms with Gasteiger partial charge in [0.25, 0.3) is 5.91 Å². The summed E-state index contributed by atoms with van der Waals surface area (Å²) in [6.45, 7) is 5.59. The molecule has 6 nitrogen and oxygen atoms in total. The molecule has 0 spiro atoms. The first-order valence-electron chi connectivity index (χ1n) is 8.74. The summed E-state index contributed by atoms with van der Waals surface area (Å²) in [5.74, 6) is 1.12. The van der Waals surface area contributed by atoms with Crippen molar-refractivity contribution in [2.24, 2.45) is 5.92 Å². The zero-order valence-corrected chi connectivity index (χ0v) is 15.2. The lowest BCUT2D eigenvalue weighted by molar-refractivity contribution is 0.0711. The SMILES string of the molecule is CCOc1cccc(C(=O)N2Cc3ccnn3C[C@@H](CN(C)C)C2)c1. The van der Waals surface area contributed by atoms with Crippen LogP contribution in [0.5, 0.6) is 5.75 Å². The fraction of sp³-hybridized carbons (Fsp3) is 0.474. The third-order valence-corrected chi connectivity index (χ3v) is 4.37. The second-order valence-electron chi connectivity index (χ2n) is 6.78. The third kappa shape index (κ3) is 4.20. The summed E-state index contributed by atoms with van der Waals surface area (Å²) in [5.41, 5.74) is 1.75. The molecule has 0 unspecified atom stereocenters. The lowest BCUT2D eigenvalue weighted by atomic mass is 10.1. The quantitative estimate of drug-likeness (QED) is 0.835. The van der Waals surface area contributed by atoms with E-state index in [9.17, 15) is 4.79 Å². The lowest BCUT2D eigenvalue weighted by Gasteiger charge is -2.26. The summed E-state index contributed by atoms with van der Waals surface area (Å²) in [5, 5.41) is 4.42. The van der Waals surface area contributed by atoms with Gasteiger partial charge in [-0.3, -0.25) is 9.48 Å². The third-order valence-electron chi connectivity index (χ3n) is 4.37. The van der Waals surface area contributed by atoms with Crippen molar-refractivity contribution >= 4 is 5.91 Å². The fourth-order valence-electron chi connectivity index (χ4n) is 3.39. The molecular weight excluding hydrogens is 316 g/mol. The molecule has 0 bridgehead atoms. The number of rotatable bonds is 5. The molecule has 3 rings (SSSR count). The molecule has 1 aromatic carbocycles. The normalized spacial score (nSPS) is 17.3. The van der Waals surface area contributed by atoms with Gasteiger partial charge in [0.1, 0.15) is 5.75 Å². The van der Waals surface area contributed by atoms with Crippen molar-refractivity contribution in [3.63, 3.8) is 0 Å². The van der Waals surface area contributed by atoms with Crippen molar-refractivity contribution in [3.8, 4) is 5.75 Å². The highest BCUT2D eigenvalue weighted by Gasteiger charge is 2.26. The Morgan fingerprint density at radius 2 is 2.16 bits per heavy atom. The van der Waals surface area contributed by atoms with Gasteiger partial charge >= 0.3 is 0 Å². The highest BCUT2D eigenvalue weighted by molar-refractivity contribution is 5.94. The maximum atomic E-state index is 13.1. The van der Waals surface area contributed by atoms with Crippen LogP contribution in [0.25, 0.3) is 0 Å². The Balaban J connectivity index is 1.84. The first kappa shape index (κ1) is 17.5. The number of nitrogens with zero attached hydrogens (tertiary/aromatic N) is 4. The van der Waals surface area contributed by atoms with Gasteiger partial charge in [-0.15, -0.1) is 0 Å². The van der Waals surface area contributed by atoms with E-state index in [1.165, 1.54) is 0 Å². The molecule has 25 heavy (non-hydrogen) atoms. The van der Waals surface area contributed by atoms with E-state index in [1.807, 2.05) is 53.0 Å². The Hall–Kier alpha value is -2.34. The van der Waals surface area contributed by atoms with Gasteiger partial charge in [0.15, 0.2) is 0 Å². The lowest BCUT2D eigenvalue weighted by Crippen LogP contribution is -2.37. The molecule has 0 N–H and O–H groups in total. The molecule has 1 aromatic heterocycles. The first-order chi connectivity index (χ1) is 12.1. The fourth-order valence-corrected chi connectivity index (χ4v) is 3.39. The number of fused-ring (bicyclic) bond motifs is 1. The van der Waals surface area contributed by atoms with Crippen LogP contribution in [0.15, 0.2) is 36.5 Å². The molecule has 1 aliphatic rings. The van der Waals surface area contributed by atoms with E-state index >= 15 is 0 Å². The van der Waals surface area contributed by atoms with Crippen molar-refractivity contribution in [1.29, 1.82) is 0 Å². The zero-order valence-electron chi connectivity index (χ0n) is 15.2. The number of hydrogen-bond donors (Lipinski definition) is 0. The molecule has 0 saturated heterocycles. The minimum atomic E-state index is 0.0416. The van der Waals surface area contributed by atoms with Crippen molar-refractivity contribution in [3.05, 3.63) is 47.8 Å². The van der Waals surface area contributed by atoms with Gasteiger partial charge in [0.05, 0.1) is 18.8 Å². The van der Waals surface area contributed by atoms with Crippen molar-refractivity contribution in [2.45, 2.75) is 20.0 Å². The predicted octanol–water partition coefficient (Wildman–Crippen LogP) is 2.12. The van der Waals surface area contributed by atoms with Crippen LogP contribution in [0.2, 0.25) is 0 Å². The van der Waals surface area contributed by atoms with E-state index in [-0.39, 0.29) is 5.91 Å². The van der Waals surface area contributed by atoms with Crippen molar-refractivity contribution < 1.29 is 9.53 Å². The van der Waals surface area contributed by atoms with E-state index in [0.29, 0.717) is 24.6 Å². The maximum Gasteiger partial charge on any atom is 0.254 e. The van der Waals surface area contributed by atoms with Crippen LogP contribution in [-0.4, -0.2) is 59.3 Å². The highest BCUT2D eigenvalue weighted by atomic mass is 16.5. The van der Waals surface area contributed by atoms with Gasteiger partial charge in [0.2, 0.25) is 0 Å². The van der Waals surface area contributed by atoms with E-state index in [4.69, 9.17) is 4.74 Å². The maximum absolute atomic E-state index is 13.1. The van der Waals surface area contributed by atoms with Crippen LogP contribution in [-0.2, 0) is 13.1 Å². The second kappa shape index (κ2) is 7.70. The number of hydrogen-bond acceptors (Lipinski definition) is 4. The van der Waals surface area contributed by atoms with E-state index < -0.39 is 0 Å². The van der Waals surface area contributed by atoms with Gasteiger partial charge in [-0.2, -0.15) is 5.10 Å². The summed E-state index contributed by atoms with van der Waals surface area (Å²) in [7, 11) is 4.12. The number of aromatic nitrogens is 2. The molecule has 0 radical (unpaired) electrons. The molecule has 1 amide bonds. The number of ether oxygens (including phenoxy) is 1. The zero-order chi connectivity index (χ0) is 17.8. The first-order valence-corrected chi connectivity index (χ1v) is 8.74. The van der Waals surface area contributed by atoms with Gasteiger partial charge in [-0.05, 0) is 45.3 Å². The van der Waals surface area contributed by atoms with Crippen LogP contribution >= 0.6 is 0 Å². The molecule has 2 heterocycles. The van der Waals surface area contributed by atoms with Crippen LogP contribution < -0.4 is 4.74 Å². The van der Waals surface area contributed by atoms with Gasteiger partial charge in [-0.1, -0.05) is 6.07 Å². The Labute approximate surface area is 149 Å². The average Bonchev–Trinajstić information content (AvgIpc) is 2.93. The van der Waals surface area contributed by atoms with Crippen LogP contribution in [0.3, 0.4) is 0 Å². The number of carbonyl (C=O) groups excluding carboxylic acids is 1. The summed E-state index contributed by atoms with van der Waals surface area (Å²) < 4.78 is 7.56. The predicted molar refractivity (Wildman–Crippen MR) is 96.6 cm³/mol. The molecule has 2 aromatic rings. The smallest absolute Gasteiger partial charge is 0.254 e. The summed E-state index contributed by atoms with van der Waals surface area (Å²) in [4.78, 5) is 17.2. The van der Waals surface area contributed by atoms with E-state index in [1.54, 1.807) is 0 Å². The molecule has 1 aliphatic heterocycles. The van der Waals surface area contributed by atoms with Gasteiger partial charge < -0.3 is 14.5 Å². The molecular formula is C19H26N4O2. The Morgan fingerprint density at radius 3 is 2.92 bits per heavy atom. The molecule has 134 valence electrons. The summed E-state index contributed by atoms with van der Waals surface area (Å²) in [6.07, 6.45) is 1.81. The Kier molecular flexibility index (Phi) is 5.38. The van der Waals surface area contributed by atoms with Crippen LogP contribution in [0.4, 0.5) is 0 Å². The molecule has 0 saturated carbocycles. The monoisotopic (exact) mass is 342 g/mol. The summed E-state index contributed by atoms with van der Waals surface area (Å²) >= 11 is 0. The van der Waals surface area contributed by atoms with E-state index in [0.717, 1.165) is 31.1 Å². The van der Waals surface area contributed by atoms with Crippen molar-refractivity contribution in [2.75, 3.05) is 33.8 Å². The topological polar surface area (TPSA) is 50.6 Å². The Morgan fingerprint density at radius 1 is 1.32 bits per heavy atom. The minimum Gasteiger partial charge on any atom is -0.494 e. The molecule has 0 fully saturated rings. The Bertz CT molecular complexity index is 726. The highest BCUT2D eigenvalue weighted by Crippen LogP contribution is 2.21. The number of benzene rings is 1. The van der Waals surface area contributed by atoms with Gasteiger partial charge in [0, 0.05) is 37.3 Å². The van der Waals surface area contributed by atoms with Crippen LogP contribution in [0, 0.1) is 5.92 Å². The average molecular weight is 342 g/mol. The molecule has 0 aliphatic carbocycles. The van der Waals surface area contributed by atoms with Gasteiger partial charge in [-0.25, -0.2) is 0 Å². The van der Waals surface area contributed by atoms with Crippen LogP contribution in [0.1, 0.15) is 23.0 Å². The number of carbonyl (C=O) groups is 1. The molecule has 6 heteroatoms. The minimum absolute atomic E-state index is 0.0416. The molecule has 1 atom stereocenters.